The van der Waals surface area contributed by atoms with Crippen LogP contribution in [0.2, 0.25) is 0 Å². The van der Waals surface area contributed by atoms with E-state index in [1.54, 1.807) is 12.1 Å². The second-order valence-electron chi connectivity index (χ2n) is 7.66. The monoisotopic (exact) mass is 440 g/mol. The van der Waals surface area contributed by atoms with Gasteiger partial charge >= 0.3 is 0 Å². The minimum Gasteiger partial charge on any atom is -0.362 e. The normalized spacial score (nSPS) is 21.0. The quantitative estimate of drug-likeness (QED) is 0.553. The number of hydrazine groups is 2. The molecule has 1 atom stereocenters. The van der Waals surface area contributed by atoms with Gasteiger partial charge in [-0.3, -0.25) is 10.4 Å². The summed E-state index contributed by atoms with van der Waals surface area (Å²) < 4.78 is 46.6. The molecule has 0 spiro atoms. The fourth-order valence-electron chi connectivity index (χ4n) is 3.83. The van der Waals surface area contributed by atoms with Crippen molar-refractivity contribution in [1.82, 2.24) is 32.7 Å². The Bertz CT molecular complexity index is 923. The number of hydrogen-bond donors (Lipinski definition) is 4. The Morgan fingerprint density at radius 2 is 2.03 bits per heavy atom. The zero-order valence-corrected chi connectivity index (χ0v) is 17.0. The lowest BCUT2D eigenvalue weighted by Crippen LogP contribution is -2.48. The molecule has 31 heavy (non-hydrogen) atoms. The lowest BCUT2D eigenvalue weighted by Gasteiger charge is -2.31. The summed E-state index contributed by atoms with van der Waals surface area (Å²) in [6.45, 7) is 0.683. The third-order valence-corrected chi connectivity index (χ3v) is 5.78. The highest BCUT2D eigenvalue weighted by atomic mass is 19.3. The van der Waals surface area contributed by atoms with Crippen molar-refractivity contribution in [3.63, 3.8) is 0 Å². The van der Waals surface area contributed by atoms with Crippen LogP contribution in [0.1, 0.15) is 43.4 Å². The first-order valence-corrected chi connectivity index (χ1v) is 9.72. The zero-order valence-electron chi connectivity index (χ0n) is 17.0. The van der Waals surface area contributed by atoms with E-state index in [1.165, 1.54) is 23.8 Å². The van der Waals surface area contributed by atoms with Crippen molar-refractivity contribution in [3.05, 3.63) is 35.8 Å². The van der Waals surface area contributed by atoms with Crippen molar-refractivity contribution in [2.75, 3.05) is 12.0 Å². The van der Waals surface area contributed by atoms with Crippen LogP contribution in [-0.4, -0.2) is 40.5 Å². The van der Waals surface area contributed by atoms with Gasteiger partial charge in [0.05, 0.1) is 29.2 Å². The molecule has 1 unspecified atom stereocenters. The van der Waals surface area contributed by atoms with Gasteiger partial charge in [-0.25, -0.2) is 8.78 Å². The summed E-state index contributed by atoms with van der Waals surface area (Å²) in [6.07, 6.45) is 5.45. The van der Waals surface area contributed by atoms with E-state index in [0.29, 0.717) is 46.7 Å². The first-order valence-electron chi connectivity index (χ1n) is 9.72. The van der Waals surface area contributed by atoms with Gasteiger partial charge < -0.3 is 17.0 Å². The molecule has 2 fully saturated rings. The Morgan fingerprint density at radius 1 is 1.23 bits per heavy atom. The van der Waals surface area contributed by atoms with E-state index in [2.05, 4.69) is 20.9 Å². The fraction of sp³-hybridized carbons (Fsp3) is 0.474. The predicted molar refractivity (Wildman–Crippen MR) is 111 cm³/mol. The number of ether oxygens (including phenoxy) is 1. The average Bonchev–Trinajstić information content (AvgIpc) is 3.49. The highest BCUT2D eigenvalue weighted by molar-refractivity contribution is 5.94. The van der Waals surface area contributed by atoms with E-state index in [-0.39, 0.29) is 24.2 Å². The van der Waals surface area contributed by atoms with Crippen LogP contribution in [0.15, 0.2) is 29.6 Å². The number of anilines is 1. The standard InChI is InChI=1S/C19H21F3N6O.2H3N/c20-18(21)19(6-7-19)12-4-5-14(23-9-12)13-11-27(22)15-10-24-28(26-17(13)15)25-16-3-1-2-8-29-16;;/h4-5,9-11,16,18,25-26H,1-3,6-8H2;2*1H3. The molecular formula is C19H27F3N8O. The molecule has 8 N–H and O–H groups in total. The number of pyridine rings is 1. The third kappa shape index (κ3) is 4.11. The second kappa shape index (κ2) is 8.83. The summed E-state index contributed by atoms with van der Waals surface area (Å²) >= 11 is 0. The van der Waals surface area contributed by atoms with Crippen LogP contribution in [0.5, 0.6) is 0 Å². The van der Waals surface area contributed by atoms with E-state index in [1.807, 2.05) is 0 Å². The van der Waals surface area contributed by atoms with Crippen LogP contribution >= 0.6 is 0 Å². The molecule has 12 heteroatoms. The summed E-state index contributed by atoms with van der Waals surface area (Å²) in [5.41, 5.74) is 7.33. The molecule has 2 aromatic heterocycles. The number of hydrazone groups is 1. The lowest BCUT2D eigenvalue weighted by atomic mass is 9.98. The minimum absolute atomic E-state index is 0. The van der Waals surface area contributed by atoms with E-state index in [4.69, 9.17) is 4.74 Å². The first kappa shape index (κ1) is 23.0. The van der Waals surface area contributed by atoms with Gasteiger partial charge in [-0.2, -0.15) is 10.2 Å². The second-order valence-corrected chi connectivity index (χ2v) is 7.66. The van der Waals surface area contributed by atoms with Gasteiger partial charge in [-0.15, -0.1) is 10.3 Å². The molecule has 1 saturated carbocycles. The lowest BCUT2D eigenvalue weighted by molar-refractivity contribution is -0.0464. The van der Waals surface area contributed by atoms with Gasteiger partial charge in [0.2, 0.25) is 6.43 Å². The van der Waals surface area contributed by atoms with Crippen molar-refractivity contribution in [2.24, 2.45) is 5.10 Å². The molecule has 0 bridgehead atoms. The number of rotatable bonds is 5. The summed E-state index contributed by atoms with van der Waals surface area (Å²) in [5.74, 6) is 0. The molecule has 3 aliphatic rings. The minimum atomic E-state index is -2.41. The molecule has 2 aliphatic heterocycles. The van der Waals surface area contributed by atoms with Crippen molar-refractivity contribution >= 4 is 11.9 Å². The SMILES string of the molecule is FC(F)C1(c2ccc(-c3cn(F)c4c3NN(NC3CCCCO3)N=C4)nc2)CC1.N.N. The number of fused-ring (bicyclic) bond motifs is 1. The van der Waals surface area contributed by atoms with Crippen molar-refractivity contribution < 1.29 is 18.0 Å². The van der Waals surface area contributed by atoms with Crippen LogP contribution in [-0.2, 0) is 10.2 Å². The Hall–Kier alpha value is -2.67. The maximum absolute atomic E-state index is 14.3. The Labute approximate surface area is 177 Å². The third-order valence-electron chi connectivity index (χ3n) is 5.78. The Balaban J connectivity index is 0.00000136. The highest BCUT2D eigenvalue weighted by Crippen LogP contribution is 2.52. The molecule has 5 rings (SSSR count). The summed E-state index contributed by atoms with van der Waals surface area (Å²) in [5, 5.41) is 5.54. The molecule has 0 aromatic carbocycles. The van der Waals surface area contributed by atoms with E-state index in [0.717, 1.165) is 19.3 Å². The molecular weight excluding hydrogens is 413 g/mol. The van der Waals surface area contributed by atoms with Crippen LogP contribution in [0.25, 0.3) is 11.3 Å². The van der Waals surface area contributed by atoms with Gasteiger partial charge in [0.1, 0.15) is 11.9 Å². The molecule has 1 aliphatic carbocycles. The number of alkyl halides is 2. The maximum Gasteiger partial charge on any atom is 0.248 e. The molecule has 4 heterocycles. The number of hydrogen-bond acceptors (Lipinski definition) is 8. The average molecular weight is 440 g/mol. The number of aromatic nitrogens is 2. The topological polar surface area (TPSA) is 137 Å². The van der Waals surface area contributed by atoms with Crippen molar-refractivity contribution in [3.8, 4) is 11.3 Å². The summed E-state index contributed by atoms with van der Waals surface area (Å²) in [4.78, 5) is 4.80. The number of nitrogens with zero attached hydrogens (tertiary/aromatic N) is 4. The largest absolute Gasteiger partial charge is 0.362 e. The highest BCUT2D eigenvalue weighted by Gasteiger charge is 2.52. The molecule has 0 radical (unpaired) electrons. The van der Waals surface area contributed by atoms with Gasteiger partial charge in [0.15, 0.2) is 0 Å². The Morgan fingerprint density at radius 3 is 2.65 bits per heavy atom. The van der Waals surface area contributed by atoms with Crippen molar-refractivity contribution in [1.29, 1.82) is 0 Å². The van der Waals surface area contributed by atoms with E-state index < -0.39 is 11.8 Å². The van der Waals surface area contributed by atoms with Crippen molar-refractivity contribution in [2.45, 2.75) is 50.2 Å². The van der Waals surface area contributed by atoms with Crippen LogP contribution in [0.4, 0.5) is 18.9 Å². The molecule has 170 valence electrons. The fourth-order valence-corrected chi connectivity index (χ4v) is 3.83. The summed E-state index contributed by atoms with van der Waals surface area (Å²) in [6, 6.07) is 3.31. The molecule has 1 saturated heterocycles. The maximum atomic E-state index is 14.3. The van der Waals surface area contributed by atoms with Crippen LogP contribution in [0.3, 0.4) is 0 Å². The van der Waals surface area contributed by atoms with Gasteiger partial charge in [-0.05, 0) is 43.7 Å². The van der Waals surface area contributed by atoms with Gasteiger partial charge in [0, 0.05) is 18.4 Å². The van der Waals surface area contributed by atoms with Gasteiger partial charge in [0.25, 0.3) is 0 Å². The number of halogens is 3. The molecule has 2 aromatic rings. The molecule has 0 amide bonds. The molecule has 9 nitrogen and oxygen atoms in total. The van der Waals surface area contributed by atoms with Crippen LogP contribution in [0, 0.1) is 0 Å². The smallest absolute Gasteiger partial charge is 0.248 e. The Kier molecular flexibility index (Phi) is 6.55. The summed E-state index contributed by atoms with van der Waals surface area (Å²) in [7, 11) is 0. The first-order chi connectivity index (χ1) is 14.1. The zero-order chi connectivity index (χ0) is 20.0. The van der Waals surface area contributed by atoms with E-state index in [9.17, 15) is 13.3 Å². The van der Waals surface area contributed by atoms with Gasteiger partial charge in [-0.1, -0.05) is 10.5 Å². The number of nitrogens with one attached hydrogen (secondary N) is 2. The predicted octanol–water partition coefficient (Wildman–Crippen LogP) is 3.91. The van der Waals surface area contributed by atoms with E-state index >= 15 is 0 Å². The van der Waals surface area contributed by atoms with Crippen LogP contribution < -0.4 is 23.2 Å².